The molecule has 154 valence electrons. The van der Waals surface area contributed by atoms with Gasteiger partial charge in [0.1, 0.15) is 0 Å². The van der Waals surface area contributed by atoms with E-state index >= 15 is 0 Å². The summed E-state index contributed by atoms with van der Waals surface area (Å²) in [6, 6.07) is 25.6. The van der Waals surface area contributed by atoms with Crippen molar-refractivity contribution in [3.05, 3.63) is 107 Å². The number of rotatable bonds is 6. The molecule has 1 fully saturated rings. The van der Waals surface area contributed by atoms with Crippen LogP contribution in [0.1, 0.15) is 27.0 Å². The first-order valence-corrected chi connectivity index (χ1v) is 9.78. The third-order valence-electron chi connectivity index (χ3n) is 4.86. The second-order valence-corrected chi connectivity index (χ2v) is 6.97. The third-order valence-corrected chi connectivity index (χ3v) is 4.86. The monoisotopic (exact) mass is 412 g/mol. The Kier molecular flexibility index (Phi) is 5.84. The molecule has 0 radical (unpaired) electrons. The van der Waals surface area contributed by atoms with E-state index in [9.17, 15) is 14.4 Å². The maximum Gasteiger partial charge on any atom is 0.324 e. The van der Waals surface area contributed by atoms with E-state index in [0.717, 1.165) is 21.6 Å². The lowest BCUT2D eigenvalue weighted by molar-refractivity contribution is -0.125. The number of carbonyl (C=O) groups excluding carboxylic acids is 3. The van der Waals surface area contributed by atoms with Crippen LogP contribution >= 0.6 is 0 Å². The van der Waals surface area contributed by atoms with Crippen LogP contribution < -0.4 is 10.7 Å². The molecule has 1 saturated heterocycles. The zero-order valence-corrected chi connectivity index (χ0v) is 16.6. The van der Waals surface area contributed by atoms with E-state index in [1.165, 1.54) is 0 Å². The fourth-order valence-corrected chi connectivity index (χ4v) is 3.22. The second-order valence-electron chi connectivity index (χ2n) is 6.97. The molecule has 1 heterocycles. The van der Waals surface area contributed by atoms with Gasteiger partial charge < -0.3 is 5.32 Å². The van der Waals surface area contributed by atoms with Crippen molar-refractivity contribution in [3.8, 4) is 0 Å². The van der Waals surface area contributed by atoms with Crippen molar-refractivity contribution in [3.63, 3.8) is 0 Å². The summed E-state index contributed by atoms with van der Waals surface area (Å²) < 4.78 is 0. The van der Waals surface area contributed by atoms with E-state index in [0.29, 0.717) is 11.3 Å². The largest absolute Gasteiger partial charge is 0.329 e. The fourth-order valence-electron chi connectivity index (χ4n) is 3.22. The Bertz CT molecular complexity index is 1070. The van der Waals surface area contributed by atoms with Crippen LogP contribution in [0.2, 0.25) is 0 Å². The summed E-state index contributed by atoms with van der Waals surface area (Å²) >= 11 is 0. The molecule has 1 aliphatic heterocycles. The van der Waals surface area contributed by atoms with Gasteiger partial charge in [0.05, 0.1) is 18.8 Å². The molecule has 0 atom stereocenters. The number of hydrogen-bond acceptors (Lipinski definition) is 4. The van der Waals surface area contributed by atoms with Crippen molar-refractivity contribution >= 4 is 23.6 Å². The maximum atomic E-state index is 12.6. The van der Waals surface area contributed by atoms with Crippen LogP contribution in [0.25, 0.3) is 0 Å². The minimum atomic E-state index is -0.407. The van der Waals surface area contributed by atoms with Crippen LogP contribution in [-0.2, 0) is 11.3 Å². The molecule has 0 aromatic heterocycles. The minimum Gasteiger partial charge on any atom is -0.329 e. The molecule has 0 unspecified atom stereocenters. The lowest BCUT2D eigenvalue weighted by Gasteiger charge is -2.12. The average Bonchev–Trinajstić information content (AvgIpc) is 3.13. The highest BCUT2D eigenvalue weighted by molar-refractivity contribution is 6.13. The van der Waals surface area contributed by atoms with Crippen molar-refractivity contribution in [1.82, 2.24) is 15.6 Å². The molecule has 0 saturated carbocycles. The highest BCUT2D eigenvalue weighted by Gasteiger charge is 2.28. The van der Waals surface area contributed by atoms with Gasteiger partial charge in [-0.2, -0.15) is 5.10 Å². The van der Waals surface area contributed by atoms with Gasteiger partial charge in [-0.25, -0.2) is 10.2 Å². The van der Waals surface area contributed by atoms with Gasteiger partial charge in [-0.1, -0.05) is 72.8 Å². The highest BCUT2D eigenvalue weighted by atomic mass is 16.2. The van der Waals surface area contributed by atoms with Crippen molar-refractivity contribution in [2.75, 3.05) is 6.54 Å². The average molecular weight is 412 g/mol. The Labute approximate surface area is 179 Å². The van der Waals surface area contributed by atoms with E-state index in [1.807, 2.05) is 60.7 Å². The fraction of sp³-hybridized carbons (Fsp3) is 0.0833. The summed E-state index contributed by atoms with van der Waals surface area (Å²) in [6.07, 6.45) is 0. The lowest BCUT2D eigenvalue weighted by Crippen LogP contribution is -2.30. The third kappa shape index (κ3) is 4.67. The summed E-state index contributed by atoms with van der Waals surface area (Å²) in [6.45, 7) is 0.180. The molecule has 3 aromatic rings. The molecule has 4 amide bonds. The van der Waals surface area contributed by atoms with Gasteiger partial charge in [0.15, 0.2) is 0 Å². The van der Waals surface area contributed by atoms with Gasteiger partial charge in [-0.3, -0.25) is 14.5 Å². The number of urea groups is 1. The highest BCUT2D eigenvalue weighted by Crippen LogP contribution is 2.12. The van der Waals surface area contributed by atoms with Crippen LogP contribution in [0.5, 0.6) is 0 Å². The second kappa shape index (κ2) is 9.04. The first-order chi connectivity index (χ1) is 15.1. The lowest BCUT2D eigenvalue weighted by atomic mass is 10.0. The van der Waals surface area contributed by atoms with Crippen LogP contribution in [-0.4, -0.2) is 35.0 Å². The SMILES string of the molecule is O=C(NN=C(c1ccccc1)c1ccccc1)c1ccc(CN2C(=O)CNC2=O)cc1. The van der Waals surface area contributed by atoms with Crippen molar-refractivity contribution in [2.24, 2.45) is 5.10 Å². The number of nitrogens with zero attached hydrogens (tertiary/aromatic N) is 2. The number of hydrazone groups is 1. The quantitative estimate of drug-likeness (QED) is 0.371. The molecule has 0 spiro atoms. The summed E-state index contributed by atoms with van der Waals surface area (Å²) in [7, 11) is 0. The first-order valence-electron chi connectivity index (χ1n) is 9.78. The van der Waals surface area contributed by atoms with Gasteiger partial charge in [-0.15, -0.1) is 0 Å². The Morgan fingerprint density at radius 3 is 1.94 bits per heavy atom. The smallest absolute Gasteiger partial charge is 0.324 e. The molecule has 3 aromatic carbocycles. The van der Waals surface area contributed by atoms with Gasteiger partial charge in [0.2, 0.25) is 5.91 Å². The van der Waals surface area contributed by atoms with Crippen molar-refractivity contribution in [2.45, 2.75) is 6.54 Å². The topological polar surface area (TPSA) is 90.9 Å². The number of carbonyl (C=O) groups is 3. The number of nitrogens with one attached hydrogen (secondary N) is 2. The van der Waals surface area contributed by atoms with Crippen molar-refractivity contribution < 1.29 is 14.4 Å². The van der Waals surface area contributed by atoms with Crippen LogP contribution in [0.15, 0.2) is 90.0 Å². The van der Waals surface area contributed by atoms with E-state index in [4.69, 9.17) is 0 Å². The Hall–Kier alpha value is -4.26. The van der Waals surface area contributed by atoms with Crippen molar-refractivity contribution in [1.29, 1.82) is 0 Å². The van der Waals surface area contributed by atoms with Crippen LogP contribution in [0.3, 0.4) is 0 Å². The van der Waals surface area contributed by atoms with Crippen LogP contribution in [0, 0.1) is 0 Å². The van der Waals surface area contributed by atoms with Gasteiger partial charge in [0.25, 0.3) is 5.91 Å². The number of benzene rings is 3. The minimum absolute atomic E-state index is 0.0164. The summed E-state index contributed by atoms with van der Waals surface area (Å²) in [5.74, 6) is -0.624. The Balaban J connectivity index is 1.49. The normalized spacial score (nSPS) is 13.0. The summed E-state index contributed by atoms with van der Waals surface area (Å²) in [5.41, 5.74) is 6.23. The molecule has 2 N–H and O–H groups in total. The zero-order chi connectivity index (χ0) is 21.6. The molecule has 7 heteroatoms. The molecular weight excluding hydrogens is 392 g/mol. The van der Waals surface area contributed by atoms with E-state index < -0.39 is 6.03 Å². The molecule has 1 aliphatic rings. The molecule has 0 aliphatic carbocycles. The predicted octanol–water partition coefficient (Wildman–Crippen LogP) is 2.92. The van der Waals surface area contributed by atoms with Crippen LogP contribution in [0.4, 0.5) is 4.79 Å². The van der Waals surface area contributed by atoms with Gasteiger partial charge in [-0.05, 0) is 17.7 Å². The molecule has 7 nitrogen and oxygen atoms in total. The number of imide groups is 1. The summed E-state index contributed by atoms with van der Waals surface area (Å²) in [4.78, 5) is 37.1. The van der Waals surface area contributed by atoms with E-state index in [-0.39, 0.29) is 24.9 Å². The molecular formula is C24H20N4O3. The first kappa shape index (κ1) is 20.0. The predicted molar refractivity (Wildman–Crippen MR) is 116 cm³/mol. The summed E-state index contributed by atoms with van der Waals surface area (Å²) in [5, 5.41) is 6.86. The van der Waals surface area contributed by atoms with Gasteiger partial charge >= 0.3 is 6.03 Å². The number of amides is 4. The maximum absolute atomic E-state index is 12.6. The standard InChI is InChI=1S/C24H20N4O3/c29-21-15-25-24(31)28(21)16-17-11-13-20(14-12-17)23(30)27-26-22(18-7-3-1-4-8-18)19-9-5-2-6-10-19/h1-14H,15-16H2,(H,25,31)(H,27,30). The zero-order valence-electron chi connectivity index (χ0n) is 16.6. The van der Waals surface area contributed by atoms with E-state index in [2.05, 4.69) is 15.8 Å². The van der Waals surface area contributed by atoms with Gasteiger partial charge in [0, 0.05) is 16.7 Å². The molecule has 31 heavy (non-hydrogen) atoms. The Morgan fingerprint density at radius 1 is 0.839 bits per heavy atom. The molecule has 4 rings (SSSR count). The Morgan fingerprint density at radius 2 is 1.42 bits per heavy atom. The van der Waals surface area contributed by atoms with E-state index in [1.54, 1.807) is 24.3 Å². The number of hydrogen-bond donors (Lipinski definition) is 2. The molecule has 0 bridgehead atoms.